The molecule has 1 aromatic heterocycles. The van der Waals surface area contributed by atoms with Crippen LogP contribution < -0.4 is 15.4 Å². The highest BCUT2D eigenvalue weighted by molar-refractivity contribution is 6.03. The highest BCUT2D eigenvalue weighted by Crippen LogP contribution is 2.25. The molecule has 0 atom stereocenters. The average Bonchev–Trinajstić information content (AvgIpc) is 2.68. The first-order valence-electron chi connectivity index (χ1n) is 9.13. The molecule has 0 saturated heterocycles. The summed E-state index contributed by atoms with van der Waals surface area (Å²) in [6, 6.07) is 16.9. The minimum absolute atomic E-state index is 0.271. The standard InChI is InChI=1S/C22H24N4O2/c1-14(2)18-10-5-6-11-19(18)26-22(27)20-13-21(24-15(3)23-20)25-16-8-7-9-17(12-16)28-4/h5-14H,1-4H3,(H,26,27)(H,23,24,25). The number of amides is 1. The lowest BCUT2D eigenvalue weighted by Gasteiger charge is -2.14. The summed E-state index contributed by atoms with van der Waals surface area (Å²) in [5.74, 6) is 1.82. The Morgan fingerprint density at radius 2 is 1.82 bits per heavy atom. The van der Waals surface area contributed by atoms with Gasteiger partial charge in [0.1, 0.15) is 23.1 Å². The van der Waals surface area contributed by atoms with E-state index in [1.165, 1.54) is 0 Å². The van der Waals surface area contributed by atoms with Crippen LogP contribution in [0.1, 0.15) is 41.6 Å². The zero-order valence-corrected chi connectivity index (χ0v) is 16.5. The van der Waals surface area contributed by atoms with E-state index in [2.05, 4.69) is 34.4 Å². The predicted octanol–water partition coefficient (Wildman–Crippen LogP) is 4.91. The van der Waals surface area contributed by atoms with Crippen LogP contribution in [0.5, 0.6) is 5.75 Å². The highest BCUT2D eigenvalue weighted by atomic mass is 16.5. The fourth-order valence-electron chi connectivity index (χ4n) is 2.90. The maximum absolute atomic E-state index is 12.8. The molecule has 0 bridgehead atoms. The van der Waals surface area contributed by atoms with Gasteiger partial charge in [0, 0.05) is 23.5 Å². The Labute approximate surface area is 165 Å². The van der Waals surface area contributed by atoms with Gasteiger partial charge in [-0.1, -0.05) is 38.1 Å². The molecule has 3 rings (SSSR count). The summed E-state index contributed by atoms with van der Waals surface area (Å²) >= 11 is 0. The molecular formula is C22H24N4O2. The molecule has 2 aromatic carbocycles. The van der Waals surface area contributed by atoms with E-state index in [9.17, 15) is 4.79 Å². The van der Waals surface area contributed by atoms with Gasteiger partial charge in [0.05, 0.1) is 7.11 Å². The number of carbonyl (C=O) groups excluding carboxylic acids is 1. The van der Waals surface area contributed by atoms with Crippen LogP contribution in [0, 0.1) is 6.92 Å². The van der Waals surface area contributed by atoms with Gasteiger partial charge in [0.15, 0.2) is 0 Å². The summed E-state index contributed by atoms with van der Waals surface area (Å²) in [7, 11) is 1.62. The third-order valence-electron chi connectivity index (χ3n) is 4.24. The smallest absolute Gasteiger partial charge is 0.274 e. The number of methoxy groups -OCH3 is 1. The summed E-state index contributed by atoms with van der Waals surface area (Å²) in [5, 5.41) is 6.16. The van der Waals surface area contributed by atoms with Crippen LogP contribution in [-0.4, -0.2) is 23.0 Å². The summed E-state index contributed by atoms with van der Waals surface area (Å²) in [6.07, 6.45) is 0. The SMILES string of the molecule is COc1cccc(Nc2cc(C(=O)Nc3ccccc3C(C)C)nc(C)n2)c1. The summed E-state index contributed by atoms with van der Waals surface area (Å²) in [4.78, 5) is 21.5. The van der Waals surface area contributed by atoms with E-state index in [1.807, 2.05) is 48.5 Å². The summed E-state index contributed by atoms with van der Waals surface area (Å²) in [5.41, 5.74) is 2.99. The lowest BCUT2D eigenvalue weighted by Crippen LogP contribution is -2.16. The Morgan fingerprint density at radius 1 is 1.04 bits per heavy atom. The van der Waals surface area contributed by atoms with E-state index >= 15 is 0 Å². The molecule has 0 fully saturated rings. The number of para-hydroxylation sites is 1. The van der Waals surface area contributed by atoms with Crippen LogP contribution in [-0.2, 0) is 0 Å². The summed E-state index contributed by atoms with van der Waals surface area (Å²) in [6.45, 7) is 5.95. The third kappa shape index (κ3) is 4.65. The molecule has 1 heterocycles. The first kappa shape index (κ1) is 19.4. The molecule has 0 spiro atoms. The number of benzene rings is 2. The van der Waals surface area contributed by atoms with Crippen molar-refractivity contribution in [3.05, 3.63) is 71.7 Å². The van der Waals surface area contributed by atoms with Gasteiger partial charge in [-0.05, 0) is 36.6 Å². The molecule has 6 nitrogen and oxygen atoms in total. The minimum Gasteiger partial charge on any atom is -0.497 e. The van der Waals surface area contributed by atoms with Crippen molar-refractivity contribution >= 4 is 23.1 Å². The van der Waals surface area contributed by atoms with Crippen LogP contribution in [0.3, 0.4) is 0 Å². The molecule has 28 heavy (non-hydrogen) atoms. The van der Waals surface area contributed by atoms with E-state index < -0.39 is 0 Å². The average molecular weight is 376 g/mol. The van der Waals surface area contributed by atoms with Crippen LogP contribution in [0.2, 0.25) is 0 Å². The molecule has 0 radical (unpaired) electrons. The topological polar surface area (TPSA) is 76.1 Å². The van der Waals surface area contributed by atoms with E-state index in [1.54, 1.807) is 20.1 Å². The number of carbonyl (C=O) groups is 1. The Bertz CT molecular complexity index is 986. The normalized spacial score (nSPS) is 10.6. The third-order valence-corrected chi connectivity index (χ3v) is 4.24. The number of hydrogen-bond acceptors (Lipinski definition) is 5. The van der Waals surface area contributed by atoms with E-state index in [0.29, 0.717) is 23.3 Å². The van der Waals surface area contributed by atoms with Crippen molar-refractivity contribution in [2.24, 2.45) is 0 Å². The Hall–Kier alpha value is -3.41. The van der Waals surface area contributed by atoms with E-state index in [-0.39, 0.29) is 5.91 Å². The van der Waals surface area contributed by atoms with Crippen LogP contribution in [0.25, 0.3) is 0 Å². The summed E-state index contributed by atoms with van der Waals surface area (Å²) < 4.78 is 5.24. The number of anilines is 3. The molecule has 3 aromatic rings. The number of aromatic nitrogens is 2. The van der Waals surface area contributed by atoms with Crippen molar-refractivity contribution in [1.82, 2.24) is 9.97 Å². The quantitative estimate of drug-likeness (QED) is 0.639. The first-order valence-corrected chi connectivity index (χ1v) is 9.13. The second-order valence-electron chi connectivity index (χ2n) is 6.74. The molecule has 0 unspecified atom stereocenters. The van der Waals surface area contributed by atoms with Gasteiger partial charge in [-0.25, -0.2) is 9.97 Å². The second-order valence-corrected chi connectivity index (χ2v) is 6.74. The Balaban J connectivity index is 1.84. The Kier molecular flexibility index (Phi) is 5.89. The molecule has 0 aliphatic heterocycles. The highest BCUT2D eigenvalue weighted by Gasteiger charge is 2.14. The lowest BCUT2D eigenvalue weighted by molar-refractivity contribution is 0.102. The van der Waals surface area contributed by atoms with Gasteiger partial charge in [0.2, 0.25) is 0 Å². The fraction of sp³-hybridized carbons (Fsp3) is 0.227. The minimum atomic E-state index is -0.271. The predicted molar refractivity (Wildman–Crippen MR) is 112 cm³/mol. The zero-order chi connectivity index (χ0) is 20.1. The fourth-order valence-corrected chi connectivity index (χ4v) is 2.90. The molecule has 6 heteroatoms. The molecule has 0 saturated carbocycles. The van der Waals surface area contributed by atoms with E-state index in [4.69, 9.17) is 4.74 Å². The van der Waals surface area contributed by atoms with Gasteiger partial charge in [-0.3, -0.25) is 4.79 Å². The van der Waals surface area contributed by atoms with Crippen LogP contribution >= 0.6 is 0 Å². The number of nitrogens with zero attached hydrogens (tertiary/aromatic N) is 2. The van der Waals surface area contributed by atoms with Crippen molar-refractivity contribution in [2.75, 3.05) is 17.7 Å². The number of aryl methyl sites for hydroxylation is 1. The Morgan fingerprint density at radius 3 is 2.57 bits per heavy atom. The van der Waals surface area contributed by atoms with Gasteiger partial charge >= 0.3 is 0 Å². The number of rotatable bonds is 6. The molecule has 0 aliphatic rings. The zero-order valence-electron chi connectivity index (χ0n) is 16.5. The van der Waals surface area contributed by atoms with Crippen molar-refractivity contribution in [3.8, 4) is 5.75 Å². The largest absolute Gasteiger partial charge is 0.497 e. The van der Waals surface area contributed by atoms with Gasteiger partial charge in [0.25, 0.3) is 5.91 Å². The molecular weight excluding hydrogens is 352 g/mol. The maximum Gasteiger partial charge on any atom is 0.274 e. The molecule has 144 valence electrons. The van der Waals surface area contributed by atoms with E-state index in [0.717, 1.165) is 22.7 Å². The van der Waals surface area contributed by atoms with Crippen molar-refractivity contribution < 1.29 is 9.53 Å². The maximum atomic E-state index is 12.8. The van der Waals surface area contributed by atoms with Gasteiger partial charge in [-0.15, -0.1) is 0 Å². The number of hydrogen-bond donors (Lipinski definition) is 2. The second kappa shape index (κ2) is 8.52. The lowest BCUT2D eigenvalue weighted by atomic mass is 10.0. The number of ether oxygens (including phenoxy) is 1. The van der Waals surface area contributed by atoms with Crippen molar-refractivity contribution in [2.45, 2.75) is 26.7 Å². The molecule has 1 amide bonds. The molecule has 0 aliphatic carbocycles. The van der Waals surface area contributed by atoms with Crippen molar-refractivity contribution in [1.29, 1.82) is 0 Å². The van der Waals surface area contributed by atoms with Crippen LogP contribution in [0.4, 0.5) is 17.2 Å². The van der Waals surface area contributed by atoms with Gasteiger partial charge in [-0.2, -0.15) is 0 Å². The number of nitrogens with one attached hydrogen (secondary N) is 2. The van der Waals surface area contributed by atoms with Gasteiger partial charge < -0.3 is 15.4 Å². The van der Waals surface area contributed by atoms with Crippen molar-refractivity contribution in [3.63, 3.8) is 0 Å². The monoisotopic (exact) mass is 376 g/mol. The van der Waals surface area contributed by atoms with Crippen LogP contribution in [0.15, 0.2) is 54.6 Å². The first-order chi connectivity index (χ1) is 13.5. The molecule has 2 N–H and O–H groups in total.